The van der Waals surface area contributed by atoms with Crippen LogP contribution in [-0.2, 0) is 0 Å². The van der Waals surface area contributed by atoms with Gasteiger partial charge >= 0.3 is 0 Å². The standard InChI is InChI=1S/C59H42N4/c1-39-26-32-54-52(34-39)53-35-40(2)27-33-55(53)63(54)56-50(44-20-11-5-12-21-44)37-49(38-51(56)45-22-13-6-14-23-45)59-61-57(46-30-28-43(29-31-46)41-16-7-3-8-17-41)60-58(62-59)48-25-15-24-47(36-48)42-18-9-4-10-19-42/h3-38H,1-2H3. The van der Waals surface area contributed by atoms with Crippen LogP contribution in [0.2, 0.25) is 0 Å². The minimum absolute atomic E-state index is 0.599. The number of aromatic nitrogens is 4. The molecular formula is C59H42N4. The molecule has 11 aromatic rings. The van der Waals surface area contributed by atoms with Crippen LogP contribution < -0.4 is 0 Å². The van der Waals surface area contributed by atoms with E-state index < -0.39 is 0 Å². The summed E-state index contributed by atoms with van der Waals surface area (Å²) >= 11 is 0. The molecule has 0 atom stereocenters. The number of benzene rings is 9. The minimum atomic E-state index is 0.599. The molecule has 0 saturated heterocycles. The summed E-state index contributed by atoms with van der Waals surface area (Å²) < 4.78 is 2.46. The Morgan fingerprint density at radius 2 is 0.667 bits per heavy atom. The molecule has 63 heavy (non-hydrogen) atoms. The Kier molecular flexibility index (Phi) is 9.59. The van der Waals surface area contributed by atoms with Crippen molar-refractivity contribution in [3.05, 3.63) is 230 Å². The van der Waals surface area contributed by atoms with Crippen LogP contribution in [0.4, 0.5) is 0 Å². The quantitative estimate of drug-likeness (QED) is 0.154. The van der Waals surface area contributed by atoms with E-state index in [2.05, 4.69) is 225 Å². The Morgan fingerprint density at radius 3 is 1.17 bits per heavy atom. The summed E-state index contributed by atoms with van der Waals surface area (Å²) in [6, 6.07) is 77.5. The van der Waals surface area contributed by atoms with Gasteiger partial charge in [-0.1, -0.05) is 187 Å². The van der Waals surface area contributed by atoms with Crippen molar-refractivity contribution in [2.24, 2.45) is 0 Å². The number of rotatable bonds is 8. The van der Waals surface area contributed by atoms with Crippen molar-refractivity contribution in [3.8, 4) is 84.4 Å². The normalized spacial score (nSPS) is 11.3. The van der Waals surface area contributed by atoms with Crippen LogP contribution in [-0.4, -0.2) is 19.5 Å². The van der Waals surface area contributed by atoms with Crippen LogP contribution in [0.25, 0.3) is 106 Å². The maximum atomic E-state index is 5.35. The minimum Gasteiger partial charge on any atom is -0.308 e. The molecule has 4 heteroatoms. The Hall–Kier alpha value is -8.21. The van der Waals surface area contributed by atoms with Crippen LogP contribution in [0.15, 0.2) is 218 Å². The average molecular weight is 807 g/mol. The van der Waals surface area contributed by atoms with Crippen LogP contribution in [0, 0.1) is 13.8 Å². The highest BCUT2D eigenvalue weighted by atomic mass is 15.0. The monoisotopic (exact) mass is 806 g/mol. The number of hydrogen-bond acceptors (Lipinski definition) is 3. The van der Waals surface area contributed by atoms with Gasteiger partial charge < -0.3 is 4.57 Å². The van der Waals surface area contributed by atoms with Gasteiger partial charge in [0.1, 0.15) is 0 Å². The molecule has 11 rings (SSSR count). The molecule has 0 fully saturated rings. The van der Waals surface area contributed by atoms with Gasteiger partial charge in [-0.15, -0.1) is 0 Å². The summed E-state index contributed by atoms with van der Waals surface area (Å²) in [5.74, 6) is 1.82. The van der Waals surface area contributed by atoms with Gasteiger partial charge in [-0.05, 0) is 89.7 Å². The van der Waals surface area contributed by atoms with Crippen molar-refractivity contribution < 1.29 is 0 Å². The molecule has 2 heterocycles. The maximum absolute atomic E-state index is 5.35. The second-order valence-electron chi connectivity index (χ2n) is 16.2. The van der Waals surface area contributed by atoms with Crippen LogP contribution >= 0.6 is 0 Å². The molecule has 0 unspecified atom stereocenters. The molecule has 4 nitrogen and oxygen atoms in total. The lowest BCUT2D eigenvalue weighted by atomic mass is 9.92. The summed E-state index contributed by atoms with van der Waals surface area (Å²) in [4.78, 5) is 15.9. The van der Waals surface area contributed by atoms with Crippen LogP contribution in [0.3, 0.4) is 0 Å². The van der Waals surface area contributed by atoms with E-state index in [1.807, 2.05) is 12.1 Å². The van der Waals surface area contributed by atoms with Gasteiger partial charge in [-0.3, -0.25) is 0 Å². The van der Waals surface area contributed by atoms with Crippen LogP contribution in [0.5, 0.6) is 0 Å². The summed E-state index contributed by atoms with van der Waals surface area (Å²) in [6.45, 7) is 4.34. The third kappa shape index (κ3) is 7.18. The van der Waals surface area contributed by atoms with E-state index >= 15 is 0 Å². The smallest absolute Gasteiger partial charge is 0.164 e. The van der Waals surface area contributed by atoms with Crippen molar-refractivity contribution in [2.45, 2.75) is 13.8 Å². The van der Waals surface area contributed by atoms with Gasteiger partial charge in [0, 0.05) is 38.6 Å². The molecule has 9 aromatic carbocycles. The fourth-order valence-corrected chi connectivity index (χ4v) is 8.85. The zero-order valence-corrected chi connectivity index (χ0v) is 35.1. The van der Waals surface area contributed by atoms with Gasteiger partial charge in [0.2, 0.25) is 0 Å². The topological polar surface area (TPSA) is 43.6 Å². The largest absolute Gasteiger partial charge is 0.308 e. The average Bonchev–Trinajstić information content (AvgIpc) is 3.66. The molecular weight excluding hydrogens is 765 g/mol. The van der Waals surface area contributed by atoms with Crippen molar-refractivity contribution in [3.63, 3.8) is 0 Å². The van der Waals surface area contributed by atoms with Gasteiger partial charge in [-0.25, -0.2) is 15.0 Å². The van der Waals surface area contributed by atoms with E-state index in [0.29, 0.717) is 17.5 Å². The fraction of sp³-hybridized carbons (Fsp3) is 0.0339. The van der Waals surface area contributed by atoms with Gasteiger partial charge in [-0.2, -0.15) is 0 Å². The summed E-state index contributed by atoms with van der Waals surface area (Å²) in [6.07, 6.45) is 0. The zero-order valence-electron chi connectivity index (χ0n) is 35.1. The first-order chi connectivity index (χ1) is 31.0. The van der Waals surface area contributed by atoms with E-state index in [1.165, 1.54) is 21.9 Å². The van der Waals surface area contributed by atoms with E-state index in [4.69, 9.17) is 15.0 Å². The molecule has 0 amide bonds. The lowest BCUT2D eigenvalue weighted by molar-refractivity contribution is 1.07. The molecule has 298 valence electrons. The first-order valence-corrected chi connectivity index (χ1v) is 21.4. The lowest BCUT2D eigenvalue weighted by Crippen LogP contribution is -2.04. The summed E-state index contributed by atoms with van der Waals surface area (Å²) in [5, 5.41) is 2.47. The predicted octanol–water partition coefficient (Wildman–Crippen LogP) is 15.3. The molecule has 0 radical (unpaired) electrons. The molecule has 2 aromatic heterocycles. The molecule has 0 spiro atoms. The van der Waals surface area contributed by atoms with E-state index in [1.54, 1.807) is 0 Å². The van der Waals surface area contributed by atoms with Crippen LogP contribution in [0.1, 0.15) is 11.1 Å². The van der Waals surface area contributed by atoms with Gasteiger partial charge in [0.15, 0.2) is 17.5 Å². The molecule has 0 aliphatic rings. The lowest BCUT2D eigenvalue weighted by Gasteiger charge is -2.21. The molecule has 0 bridgehead atoms. The summed E-state index contributed by atoms with van der Waals surface area (Å²) in [7, 11) is 0. The second-order valence-corrected chi connectivity index (χ2v) is 16.2. The Bertz CT molecular complexity index is 3310. The Labute approximate surface area is 367 Å². The SMILES string of the molecule is Cc1ccc2c(c1)c1cc(C)ccc1n2-c1c(-c2ccccc2)cc(-c2nc(-c3ccc(-c4ccccc4)cc3)nc(-c3cccc(-c4ccccc4)c3)n2)cc1-c1ccccc1. The summed E-state index contributed by atoms with van der Waals surface area (Å²) in [5.41, 5.74) is 17.5. The third-order valence-corrected chi connectivity index (χ3v) is 12.0. The Morgan fingerprint density at radius 1 is 0.286 bits per heavy atom. The number of aryl methyl sites for hydroxylation is 2. The highest BCUT2D eigenvalue weighted by molar-refractivity contribution is 6.11. The number of fused-ring (bicyclic) bond motifs is 3. The maximum Gasteiger partial charge on any atom is 0.164 e. The third-order valence-electron chi connectivity index (χ3n) is 12.0. The fourth-order valence-electron chi connectivity index (χ4n) is 8.85. The van der Waals surface area contributed by atoms with Gasteiger partial charge in [0.25, 0.3) is 0 Å². The first kappa shape index (κ1) is 37.8. The van der Waals surface area contributed by atoms with E-state index in [9.17, 15) is 0 Å². The first-order valence-electron chi connectivity index (χ1n) is 21.4. The van der Waals surface area contributed by atoms with Crippen molar-refractivity contribution in [1.29, 1.82) is 0 Å². The molecule has 0 aliphatic carbocycles. The van der Waals surface area contributed by atoms with E-state index in [-0.39, 0.29) is 0 Å². The zero-order chi connectivity index (χ0) is 42.3. The highest BCUT2D eigenvalue weighted by Gasteiger charge is 2.23. The van der Waals surface area contributed by atoms with Crippen molar-refractivity contribution in [1.82, 2.24) is 19.5 Å². The predicted molar refractivity (Wildman–Crippen MR) is 262 cm³/mol. The van der Waals surface area contributed by atoms with Crippen molar-refractivity contribution in [2.75, 3.05) is 0 Å². The van der Waals surface area contributed by atoms with Gasteiger partial charge in [0.05, 0.1) is 16.7 Å². The van der Waals surface area contributed by atoms with E-state index in [0.717, 1.165) is 77.9 Å². The Balaban J connectivity index is 1.19. The number of hydrogen-bond donors (Lipinski definition) is 0. The highest BCUT2D eigenvalue weighted by Crippen LogP contribution is 2.44. The number of nitrogens with zero attached hydrogens (tertiary/aromatic N) is 4. The van der Waals surface area contributed by atoms with Crippen molar-refractivity contribution >= 4 is 21.8 Å². The molecule has 0 aliphatic heterocycles. The molecule has 0 N–H and O–H groups in total. The molecule has 0 saturated carbocycles. The second kappa shape index (κ2) is 16.0.